The number of benzene rings is 2. The fraction of sp³-hybridized carbons (Fsp3) is 0.533. The van der Waals surface area contributed by atoms with Crippen LogP contribution < -0.4 is 4.72 Å². The van der Waals surface area contributed by atoms with Crippen LogP contribution in [0.5, 0.6) is 0 Å². The van der Waals surface area contributed by atoms with Gasteiger partial charge < -0.3 is 5.11 Å². The lowest BCUT2D eigenvalue weighted by Gasteiger charge is -2.21. The maximum Gasteiger partial charge on any atom is 0.321 e. The number of hydrogen-bond acceptors (Lipinski definition) is 5. The normalized spacial score (nSPS) is 13.1. The van der Waals surface area contributed by atoms with Crippen LogP contribution in [0.25, 0.3) is 0 Å². The molecule has 0 heterocycles. The first kappa shape index (κ1) is 31.9. The largest absolute Gasteiger partial charge is 0.480 e. The van der Waals surface area contributed by atoms with Crippen LogP contribution in [0.1, 0.15) is 101 Å². The molecule has 1 amide bonds. The fourth-order valence-electron chi connectivity index (χ4n) is 4.45. The molecule has 2 rings (SSSR count). The summed E-state index contributed by atoms with van der Waals surface area (Å²) in [7, 11) is -4.03. The minimum Gasteiger partial charge on any atom is -0.480 e. The van der Waals surface area contributed by atoms with E-state index in [1.165, 1.54) is 63.5 Å². The number of amides is 1. The number of aryl methyl sites for hydroxylation is 1. The first-order valence-electron chi connectivity index (χ1n) is 13.9. The fourth-order valence-corrected chi connectivity index (χ4v) is 6.76. The third-order valence-corrected chi connectivity index (χ3v) is 9.58. The third-order valence-electron chi connectivity index (χ3n) is 6.61. The van der Waals surface area contributed by atoms with E-state index in [4.69, 9.17) is 0 Å². The Morgan fingerprint density at radius 3 is 1.95 bits per heavy atom. The molecule has 2 atom stereocenters. The summed E-state index contributed by atoms with van der Waals surface area (Å²) in [5.74, 6) is -1.75. The zero-order valence-electron chi connectivity index (χ0n) is 22.7. The zero-order valence-corrected chi connectivity index (χ0v) is 24.4. The van der Waals surface area contributed by atoms with Crippen LogP contribution in [0.15, 0.2) is 59.5 Å². The molecule has 0 aliphatic heterocycles. The molecule has 8 heteroatoms. The number of carboxylic acids is 1. The van der Waals surface area contributed by atoms with Crippen molar-refractivity contribution in [2.45, 2.75) is 106 Å². The Morgan fingerprint density at radius 2 is 1.37 bits per heavy atom. The molecule has 2 aromatic carbocycles. The molecule has 2 unspecified atom stereocenters. The number of unbranched alkanes of at least 4 members (excludes halogenated alkanes) is 9. The molecule has 0 spiro atoms. The molecule has 2 N–H and O–H groups in total. The highest BCUT2D eigenvalue weighted by atomic mass is 32.2. The number of aliphatic carboxylic acids is 1. The molecular weight excluding hydrogens is 518 g/mol. The molecular formula is C30H43NO5S2. The van der Waals surface area contributed by atoms with Gasteiger partial charge in [-0.05, 0) is 42.5 Å². The molecule has 0 radical (unpaired) electrons. The van der Waals surface area contributed by atoms with E-state index >= 15 is 0 Å². The molecule has 0 saturated carbocycles. The molecule has 0 aromatic heterocycles. The minimum absolute atomic E-state index is 0.00942. The van der Waals surface area contributed by atoms with Crippen molar-refractivity contribution in [3.8, 4) is 0 Å². The first-order valence-corrected chi connectivity index (χ1v) is 16.3. The van der Waals surface area contributed by atoms with Gasteiger partial charge in [0, 0.05) is 0 Å². The van der Waals surface area contributed by atoms with Crippen LogP contribution in [0.3, 0.4) is 0 Å². The number of sulfonamides is 1. The van der Waals surface area contributed by atoms with Crippen LogP contribution in [0.2, 0.25) is 0 Å². The summed E-state index contributed by atoms with van der Waals surface area (Å²) >= 11 is 0.991. The zero-order chi connectivity index (χ0) is 27.8. The second kappa shape index (κ2) is 17.3. The van der Waals surface area contributed by atoms with Crippen LogP contribution >= 0.6 is 11.8 Å². The standard InChI is InChI=1S/C30H43NO5S2/c1-3-5-6-7-8-9-10-11-12-14-19-24-20-17-18-23-26(24)28(30(33)34)37-27(4-2)29(32)31-38(35,36)25-21-15-13-16-22-25/h13,15-18,20-23,27-28H,3-12,14,19H2,1-2H3,(H,31,32)(H,33,34). The number of carbonyl (C=O) groups is 2. The maximum atomic E-state index is 12.9. The van der Waals surface area contributed by atoms with E-state index < -0.39 is 32.4 Å². The SMILES string of the molecule is CCCCCCCCCCCCc1ccccc1C(SC(CC)C(=O)NS(=O)(=O)c1ccccc1)C(=O)O. The van der Waals surface area contributed by atoms with Crippen LogP contribution in [0.4, 0.5) is 0 Å². The Hall–Kier alpha value is -2.32. The highest BCUT2D eigenvalue weighted by molar-refractivity contribution is 8.01. The number of nitrogens with one attached hydrogen (secondary N) is 1. The van der Waals surface area contributed by atoms with E-state index in [1.54, 1.807) is 25.1 Å². The van der Waals surface area contributed by atoms with Crippen molar-refractivity contribution < 1.29 is 23.1 Å². The Kier molecular flexibility index (Phi) is 14.5. The lowest BCUT2D eigenvalue weighted by Crippen LogP contribution is -2.37. The van der Waals surface area contributed by atoms with E-state index in [9.17, 15) is 23.1 Å². The molecule has 210 valence electrons. The van der Waals surface area contributed by atoms with E-state index in [0.29, 0.717) is 12.0 Å². The number of carbonyl (C=O) groups excluding carboxylic acids is 1. The molecule has 2 aromatic rings. The lowest BCUT2D eigenvalue weighted by molar-refractivity contribution is -0.136. The van der Waals surface area contributed by atoms with Gasteiger partial charge in [0.1, 0.15) is 5.25 Å². The van der Waals surface area contributed by atoms with Gasteiger partial charge in [-0.1, -0.05) is 114 Å². The van der Waals surface area contributed by atoms with E-state index in [0.717, 1.165) is 36.6 Å². The third kappa shape index (κ3) is 10.8. The maximum absolute atomic E-state index is 12.9. The summed E-state index contributed by atoms with van der Waals surface area (Å²) in [6.07, 6.45) is 13.4. The molecule has 0 saturated heterocycles. The quantitative estimate of drug-likeness (QED) is 0.175. The number of hydrogen-bond donors (Lipinski definition) is 2. The summed E-state index contributed by atoms with van der Waals surface area (Å²) in [5.41, 5.74) is 1.65. The van der Waals surface area contributed by atoms with Crippen molar-refractivity contribution in [3.63, 3.8) is 0 Å². The number of rotatable bonds is 19. The van der Waals surface area contributed by atoms with Gasteiger partial charge in [-0.15, -0.1) is 11.8 Å². The highest BCUT2D eigenvalue weighted by Crippen LogP contribution is 2.36. The van der Waals surface area contributed by atoms with Gasteiger partial charge in [0.2, 0.25) is 5.91 Å². The average molecular weight is 562 g/mol. The molecule has 0 bridgehead atoms. The Balaban J connectivity index is 1.97. The summed E-state index contributed by atoms with van der Waals surface area (Å²) in [6.45, 7) is 3.98. The lowest BCUT2D eigenvalue weighted by atomic mass is 9.98. The van der Waals surface area contributed by atoms with Crippen molar-refractivity contribution in [1.82, 2.24) is 4.72 Å². The van der Waals surface area contributed by atoms with Gasteiger partial charge in [-0.3, -0.25) is 9.59 Å². The number of carboxylic acid groups (broad SMARTS) is 1. The predicted octanol–water partition coefficient (Wildman–Crippen LogP) is 7.29. The Labute approximate surface area is 233 Å². The second-order valence-corrected chi connectivity index (χ2v) is 12.7. The van der Waals surface area contributed by atoms with Gasteiger partial charge in [0.15, 0.2) is 0 Å². The van der Waals surface area contributed by atoms with Crippen molar-refractivity contribution in [3.05, 3.63) is 65.7 Å². The van der Waals surface area contributed by atoms with Crippen molar-refractivity contribution in [2.75, 3.05) is 0 Å². The van der Waals surface area contributed by atoms with Crippen LogP contribution in [0, 0.1) is 0 Å². The van der Waals surface area contributed by atoms with Gasteiger partial charge >= 0.3 is 5.97 Å². The molecule has 0 fully saturated rings. The van der Waals surface area contributed by atoms with Crippen LogP contribution in [-0.4, -0.2) is 30.7 Å². The van der Waals surface area contributed by atoms with E-state index in [2.05, 4.69) is 11.6 Å². The van der Waals surface area contributed by atoms with Crippen LogP contribution in [-0.2, 0) is 26.0 Å². The molecule has 0 aliphatic rings. The van der Waals surface area contributed by atoms with Gasteiger partial charge in [0.05, 0.1) is 10.1 Å². The first-order chi connectivity index (χ1) is 18.3. The second-order valence-electron chi connectivity index (χ2n) is 9.66. The number of thioether (sulfide) groups is 1. The van der Waals surface area contributed by atoms with Gasteiger partial charge in [-0.25, -0.2) is 13.1 Å². The summed E-state index contributed by atoms with van der Waals surface area (Å²) in [4.78, 5) is 25.2. The van der Waals surface area contributed by atoms with Crippen molar-refractivity contribution in [1.29, 1.82) is 0 Å². The minimum atomic E-state index is -4.03. The molecule has 6 nitrogen and oxygen atoms in total. The van der Waals surface area contributed by atoms with Crippen molar-refractivity contribution in [2.24, 2.45) is 0 Å². The Morgan fingerprint density at radius 1 is 0.816 bits per heavy atom. The summed E-state index contributed by atoms with van der Waals surface area (Å²) < 4.78 is 27.4. The Bertz CT molecular complexity index is 1090. The summed E-state index contributed by atoms with van der Waals surface area (Å²) in [5, 5.41) is 8.26. The van der Waals surface area contributed by atoms with E-state index in [-0.39, 0.29) is 4.90 Å². The molecule has 38 heavy (non-hydrogen) atoms. The van der Waals surface area contributed by atoms with Gasteiger partial charge in [-0.2, -0.15) is 0 Å². The topological polar surface area (TPSA) is 101 Å². The highest BCUT2D eigenvalue weighted by Gasteiger charge is 2.31. The monoisotopic (exact) mass is 561 g/mol. The van der Waals surface area contributed by atoms with Gasteiger partial charge in [0.25, 0.3) is 10.0 Å². The smallest absolute Gasteiger partial charge is 0.321 e. The summed E-state index contributed by atoms with van der Waals surface area (Å²) in [6, 6.07) is 15.2. The predicted molar refractivity (Wildman–Crippen MR) is 156 cm³/mol. The van der Waals surface area contributed by atoms with E-state index in [1.807, 2.05) is 24.3 Å². The van der Waals surface area contributed by atoms with Crippen molar-refractivity contribution >= 4 is 33.7 Å². The average Bonchev–Trinajstić information content (AvgIpc) is 2.91. The molecule has 0 aliphatic carbocycles.